The van der Waals surface area contributed by atoms with Gasteiger partial charge in [-0.05, 0) is 31.3 Å². The molecule has 0 spiro atoms. The molecule has 3 heteroatoms. The van der Waals surface area contributed by atoms with Crippen molar-refractivity contribution in [2.24, 2.45) is 5.92 Å². The predicted octanol–water partition coefficient (Wildman–Crippen LogP) is 1.99. The van der Waals surface area contributed by atoms with Crippen LogP contribution in [0.25, 0.3) is 0 Å². The van der Waals surface area contributed by atoms with Crippen molar-refractivity contribution in [1.82, 2.24) is 10.6 Å². The van der Waals surface area contributed by atoms with E-state index in [1.54, 1.807) is 0 Å². The zero-order valence-corrected chi connectivity index (χ0v) is 11.0. The van der Waals surface area contributed by atoms with Crippen LogP contribution in [0.15, 0.2) is 11.1 Å². The molecule has 1 saturated heterocycles. The van der Waals surface area contributed by atoms with Gasteiger partial charge in [0.25, 0.3) is 0 Å². The van der Waals surface area contributed by atoms with E-state index in [4.69, 9.17) is 0 Å². The molecule has 1 aliphatic heterocycles. The summed E-state index contributed by atoms with van der Waals surface area (Å²) in [6.45, 7) is 5.98. The van der Waals surface area contributed by atoms with Crippen molar-refractivity contribution in [3.63, 3.8) is 0 Å². The lowest BCUT2D eigenvalue weighted by molar-refractivity contribution is -0.118. The quantitative estimate of drug-likeness (QED) is 0.736. The molecule has 96 valence electrons. The van der Waals surface area contributed by atoms with Crippen molar-refractivity contribution >= 4 is 5.91 Å². The van der Waals surface area contributed by atoms with Crippen LogP contribution in [0, 0.1) is 5.92 Å². The fourth-order valence-electron chi connectivity index (χ4n) is 2.76. The maximum absolute atomic E-state index is 12.0. The van der Waals surface area contributed by atoms with Crippen LogP contribution < -0.4 is 10.6 Å². The van der Waals surface area contributed by atoms with E-state index in [-0.39, 0.29) is 5.91 Å². The molecule has 1 heterocycles. The Morgan fingerprint density at radius 3 is 2.76 bits per heavy atom. The summed E-state index contributed by atoms with van der Waals surface area (Å²) in [5.41, 5.74) is 2.20. The number of rotatable bonds is 3. The summed E-state index contributed by atoms with van der Waals surface area (Å²) in [5.74, 6) is 0.968. The summed E-state index contributed by atoms with van der Waals surface area (Å²) >= 11 is 0. The SMILES string of the molecule is CCC1CCCC(NC(=O)C(C)=C2CNC2)C1. The first-order valence-electron chi connectivity index (χ1n) is 6.91. The minimum Gasteiger partial charge on any atom is -0.350 e. The van der Waals surface area contributed by atoms with Gasteiger partial charge in [-0.1, -0.05) is 26.2 Å². The fraction of sp³-hybridized carbons (Fsp3) is 0.786. The summed E-state index contributed by atoms with van der Waals surface area (Å²) in [6, 6.07) is 0.407. The second-order valence-corrected chi connectivity index (χ2v) is 5.44. The van der Waals surface area contributed by atoms with E-state index in [9.17, 15) is 4.79 Å². The highest BCUT2D eigenvalue weighted by Crippen LogP contribution is 2.26. The highest BCUT2D eigenvalue weighted by atomic mass is 16.1. The van der Waals surface area contributed by atoms with Crippen LogP contribution in [0.5, 0.6) is 0 Å². The monoisotopic (exact) mass is 236 g/mol. The Morgan fingerprint density at radius 1 is 1.41 bits per heavy atom. The zero-order chi connectivity index (χ0) is 12.3. The van der Waals surface area contributed by atoms with Gasteiger partial charge < -0.3 is 10.6 Å². The summed E-state index contributed by atoms with van der Waals surface area (Å²) in [7, 11) is 0. The second kappa shape index (κ2) is 5.67. The van der Waals surface area contributed by atoms with Crippen LogP contribution >= 0.6 is 0 Å². The van der Waals surface area contributed by atoms with Crippen LogP contribution in [0.1, 0.15) is 46.0 Å². The van der Waals surface area contributed by atoms with Gasteiger partial charge in [0.2, 0.25) is 5.91 Å². The van der Waals surface area contributed by atoms with Crippen molar-refractivity contribution < 1.29 is 4.79 Å². The molecule has 2 aliphatic rings. The minimum absolute atomic E-state index is 0.156. The van der Waals surface area contributed by atoms with E-state index in [0.717, 1.165) is 31.0 Å². The van der Waals surface area contributed by atoms with Gasteiger partial charge in [-0.15, -0.1) is 0 Å². The molecule has 2 rings (SSSR count). The van der Waals surface area contributed by atoms with Gasteiger partial charge in [0.1, 0.15) is 0 Å². The number of carbonyl (C=O) groups is 1. The van der Waals surface area contributed by atoms with E-state index >= 15 is 0 Å². The highest BCUT2D eigenvalue weighted by molar-refractivity contribution is 5.94. The molecule has 0 bridgehead atoms. The Bertz CT molecular complexity index is 316. The molecule has 1 saturated carbocycles. The molecule has 1 amide bonds. The third-order valence-electron chi connectivity index (χ3n) is 4.24. The molecule has 2 fully saturated rings. The Labute approximate surface area is 104 Å². The third-order valence-corrected chi connectivity index (χ3v) is 4.24. The third kappa shape index (κ3) is 3.09. The minimum atomic E-state index is 0.156. The molecule has 2 atom stereocenters. The number of amides is 1. The van der Waals surface area contributed by atoms with E-state index in [1.807, 2.05) is 6.92 Å². The average molecular weight is 236 g/mol. The lowest BCUT2D eigenvalue weighted by Crippen LogP contribution is -2.42. The van der Waals surface area contributed by atoms with Crippen molar-refractivity contribution in [3.05, 3.63) is 11.1 Å². The maximum atomic E-state index is 12.0. The number of nitrogens with one attached hydrogen (secondary N) is 2. The van der Waals surface area contributed by atoms with Gasteiger partial charge in [0.05, 0.1) is 0 Å². The van der Waals surface area contributed by atoms with E-state index < -0.39 is 0 Å². The van der Waals surface area contributed by atoms with Gasteiger partial charge in [0.15, 0.2) is 0 Å². The van der Waals surface area contributed by atoms with Crippen molar-refractivity contribution in [3.8, 4) is 0 Å². The zero-order valence-electron chi connectivity index (χ0n) is 11.0. The summed E-state index contributed by atoms with van der Waals surface area (Å²) < 4.78 is 0. The Balaban J connectivity index is 1.85. The van der Waals surface area contributed by atoms with Crippen LogP contribution in [0.3, 0.4) is 0 Å². The Hall–Kier alpha value is -0.830. The first-order valence-corrected chi connectivity index (χ1v) is 6.91. The van der Waals surface area contributed by atoms with Gasteiger partial charge in [-0.3, -0.25) is 4.79 Å². The van der Waals surface area contributed by atoms with Gasteiger partial charge in [-0.25, -0.2) is 0 Å². The van der Waals surface area contributed by atoms with Gasteiger partial charge in [0, 0.05) is 24.7 Å². The van der Waals surface area contributed by atoms with Crippen molar-refractivity contribution in [1.29, 1.82) is 0 Å². The molecule has 1 aliphatic carbocycles. The number of carbonyl (C=O) groups excluding carboxylic acids is 1. The van der Waals surface area contributed by atoms with E-state index in [2.05, 4.69) is 17.6 Å². The normalized spacial score (nSPS) is 28.5. The lowest BCUT2D eigenvalue weighted by atomic mass is 9.84. The molecule has 17 heavy (non-hydrogen) atoms. The predicted molar refractivity (Wildman–Crippen MR) is 69.7 cm³/mol. The smallest absolute Gasteiger partial charge is 0.247 e. The molecule has 0 aromatic rings. The molecule has 0 aromatic carbocycles. The molecular weight excluding hydrogens is 212 g/mol. The standard InChI is InChI=1S/C14H24N2O/c1-3-11-5-4-6-13(7-11)16-14(17)10(2)12-8-15-9-12/h11,13,15H,3-9H2,1-2H3,(H,16,17). The molecule has 2 N–H and O–H groups in total. The van der Waals surface area contributed by atoms with Crippen molar-refractivity contribution in [2.75, 3.05) is 13.1 Å². The van der Waals surface area contributed by atoms with Crippen LogP contribution in [0.2, 0.25) is 0 Å². The van der Waals surface area contributed by atoms with Crippen LogP contribution in [-0.4, -0.2) is 25.0 Å². The first-order chi connectivity index (χ1) is 8.20. The molecule has 0 aromatic heterocycles. The summed E-state index contributed by atoms with van der Waals surface area (Å²) in [5, 5.41) is 6.39. The van der Waals surface area contributed by atoms with Gasteiger partial charge >= 0.3 is 0 Å². The largest absolute Gasteiger partial charge is 0.350 e. The average Bonchev–Trinajstić information content (AvgIpc) is 2.27. The topological polar surface area (TPSA) is 41.1 Å². The highest BCUT2D eigenvalue weighted by Gasteiger charge is 2.23. The van der Waals surface area contributed by atoms with Crippen molar-refractivity contribution in [2.45, 2.75) is 52.0 Å². The number of hydrogen-bond acceptors (Lipinski definition) is 2. The van der Waals surface area contributed by atoms with E-state index in [1.165, 1.54) is 31.3 Å². The van der Waals surface area contributed by atoms with Gasteiger partial charge in [-0.2, -0.15) is 0 Å². The molecule has 2 unspecified atom stereocenters. The molecule has 3 nitrogen and oxygen atoms in total. The second-order valence-electron chi connectivity index (χ2n) is 5.44. The maximum Gasteiger partial charge on any atom is 0.247 e. The summed E-state index contributed by atoms with van der Waals surface area (Å²) in [6.07, 6.45) is 6.18. The lowest BCUT2D eigenvalue weighted by Gasteiger charge is -2.30. The van der Waals surface area contributed by atoms with E-state index in [0.29, 0.717) is 6.04 Å². The first kappa shape index (κ1) is 12.6. The number of hydrogen-bond donors (Lipinski definition) is 2. The Kier molecular flexibility index (Phi) is 4.21. The molecule has 0 radical (unpaired) electrons. The van der Waals surface area contributed by atoms with Crippen LogP contribution in [0.4, 0.5) is 0 Å². The summed E-state index contributed by atoms with van der Waals surface area (Å²) in [4.78, 5) is 12.0. The Morgan fingerprint density at radius 2 is 2.18 bits per heavy atom. The van der Waals surface area contributed by atoms with Crippen LogP contribution in [-0.2, 0) is 4.79 Å². The molecular formula is C14H24N2O. The fourth-order valence-corrected chi connectivity index (χ4v) is 2.76.